The number of hydrogen-bond donors (Lipinski definition) is 1. The Morgan fingerprint density at radius 3 is 2.40 bits per heavy atom. The first-order valence-electron chi connectivity index (χ1n) is 6.13. The van der Waals surface area contributed by atoms with Crippen LogP contribution in [0.25, 0.3) is 0 Å². The molecule has 0 bridgehead atoms. The highest BCUT2D eigenvalue weighted by Gasteiger charge is 1.88. The van der Waals surface area contributed by atoms with Gasteiger partial charge in [-0.2, -0.15) is 0 Å². The number of rotatable bonds is 9. The molecule has 0 saturated heterocycles. The molecule has 0 aromatic heterocycles. The average Bonchev–Trinajstić information content (AvgIpc) is 2.30. The third-order valence-corrected chi connectivity index (χ3v) is 1.73. The van der Waals surface area contributed by atoms with Gasteiger partial charge in [-0.15, -0.1) is 12.3 Å². The summed E-state index contributed by atoms with van der Waals surface area (Å²) in [6.07, 6.45) is 9.38. The second kappa shape index (κ2) is 19.1. The van der Waals surface area contributed by atoms with Gasteiger partial charge >= 0.3 is 0 Å². The van der Waals surface area contributed by atoms with Crippen LogP contribution in [-0.4, -0.2) is 26.3 Å². The van der Waals surface area contributed by atoms with Crippen LogP contribution in [0.2, 0.25) is 0 Å². The molecule has 15 heavy (non-hydrogen) atoms. The summed E-state index contributed by atoms with van der Waals surface area (Å²) in [5, 5.41) is 3.25. The van der Waals surface area contributed by atoms with Crippen LogP contribution in [0.15, 0.2) is 0 Å². The average molecular weight is 213 g/mol. The van der Waals surface area contributed by atoms with Gasteiger partial charge in [-0.1, -0.05) is 27.2 Å². The molecule has 0 saturated carbocycles. The summed E-state index contributed by atoms with van der Waals surface area (Å²) in [5.74, 6) is 2.59. The van der Waals surface area contributed by atoms with Crippen molar-refractivity contribution in [1.82, 2.24) is 5.32 Å². The van der Waals surface area contributed by atoms with Crippen molar-refractivity contribution in [2.24, 2.45) is 0 Å². The molecule has 0 aliphatic carbocycles. The van der Waals surface area contributed by atoms with Gasteiger partial charge in [-0.25, -0.2) is 0 Å². The Bertz CT molecular complexity index is 129. The van der Waals surface area contributed by atoms with E-state index in [1.807, 2.05) is 13.8 Å². The first-order chi connectivity index (χ1) is 7.41. The summed E-state index contributed by atoms with van der Waals surface area (Å²) in [4.78, 5) is 0. The van der Waals surface area contributed by atoms with Gasteiger partial charge in [0, 0.05) is 26.2 Å². The first-order valence-corrected chi connectivity index (χ1v) is 6.13. The van der Waals surface area contributed by atoms with Crippen molar-refractivity contribution in [2.45, 2.75) is 46.5 Å². The molecular formula is C13H27NO. The Balaban J connectivity index is 0. The number of hydrogen-bond acceptors (Lipinski definition) is 2. The van der Waals surface area contributed by atoms with Gasteiger partial charge in [0.25, 0.3) is 0 Å². The molecule has 90 valence electrons. The molecule has 2 heteroatoms. The summed E-state index contributed by atoms with van der Waals surface area (Å²) < 4.78 is 5.40. The van der Waals surface area contributed by atoms with E-state index in [1.165, 1.54) is 12.8 Å². The third-order valence-electron chi connectivity index (χ3n) is 1.73. The van der Waals surface area contributed by atoms with E-state index in [1.54, 1.807) is 0 Å². The Labute approximate surface area is 95.8 Å². The zero-order chi connectivity index (χ0) is 11.8. The molecule has 0 unspecified atom stereocenters. The summed E-state index contributed by atoms with van der Waals surface area (Å²) >= 11 is 0. The SMILES string of the molecule is C#CCCNCCCOCCCC.CC. The molecule has 2 nitrogen and oxygen atoms in total. The van der Waals surface area contributed by atoms with E-state index in [0.29, 0.717) is 0 Å². The lowest BCUT2D eigenvalue weighted by Gasteiger charge is -2.03. The quantitative estimate of drug-likeness (QED) is 0.470. The minimum atomic E-state index is 0.816. The Kier molecular flexibility index (Phi) is 21.5. The van der Waals surface area contributed by atoms with Crippen LogP contribution in [0, 0.1) is 12.3 Å². The zero-order valence-corrected chi connectivity index (χ0v) is 10.6. The Morgan fingerprint density at radius 2 is 1.80 bits per heavy atom. The van der Waals surface area contributed by atoms with Gasteiger partial charge in [-0.3, -0.25) is 0 Å². The fourth-order valence-electron chi connectivity index (χ4n) is 0.933. The normalized spacial score (nSPS) is 8.93. The minimum absolute atomic E-state index is 0.816. The highest BCUT2D eigenvalue weighted by atomic mass is 16.5. The monoisotopic (exact) mass is 213 g/mol. The van der Waals surface area contributed by atoms with Crippen LogP contribution in [0.5, 0.6) is 0 Å². The van der Waals surface area contributed by atoms with E-state index in [-0.39, 0.29) is 0 Å². The summed E-state index contributed by atoms with van der Waals surface area (Å²) in [6.45, 7) is 9.87. The fourth-order valence-corrected chi connectivity index (χ4v) is 0.933. The number of terminal acetylenes is 1. The molecule has 0 aliphatic rings. The second-order valence-electron chi connectivity index (χ2n) is 3.02. The Morgan fingerprint density at radius 1 is 1.13 bits per heavy atom. The van der Waals surface area contributed by atoms with Gasteiger partial charge in [-0.05, 0) is 19.4 Å². The predicted molar refractivity (Wildman–Crippen MR) is 68.0 cm³/mol. The van der Waals surface area contributed by atoms with E-state index in [4.69, 9.17) is 11.2 Å². The predicted octanol–water partition coefficient (Wildman–Crippen LogP) is 2.83. The van der Waals surface area contributed by atoms with Crippen molar-refractivity contribution in [2.75, 3.05) is 26.3 Å². The van der Waals surface area contributed by atoms with Crippen molar-refractivity contribution < 1.29 is 4.74 Å². The standard InChI is InChI=1S/C11H21NO.C2H6/c1-3-5-8-12-9-7-11-13-10-6-4-2;1-2/h1,12H,4-11H2,2H3;1-2H3. The first kappa shape index (κ1) is 16.9. The summed E-state index contributed by atoms with van der Waals surface area (Å²) in [7, 11) is 0. The summed E-state index contributed by atoms with van der Waals surface area (Å²) in [6, 6.07) is 0. The third kappa shape index (κ3) is 19.8. The minimum Gasteiger partial charge on any atom is -0.381 e. The van der Waals surface area contributed by atoms with Crippen LogP contribution in [0.3, 0.4) is 0 Å². The van der Waals surface area contributed by atoms with Crippen molar-refractivity contribution in [3.63, 3.8) is 0 Å². The molecular weight excluding hydrogens is 186 g/mol. The molecule has 0 aromatic rings. The molecule has 0 atom stereocenters. The number of ether oxygens (including phenoxy) is 1. The van der Waals surface area contributed by atoms with Crippen LogP contribution in [0.1, 0.15) is 46.5 Å². The number of nitrogens with one attached hydrogen (secondary N) is 1. The van der Waals surface area contributed by atoms with Gasteiger partial charge in [0.05, 0.1) is 0 Å². The van der Waals surface area contributed by atoms with Gasteiger partial charge in [0.2, 0.25) is 0 Å². The van der Waals surface area contributed by atoms with E-state index in [9.17, 15) is 0 Å². The topological polar surface area (TPSA) is 21.3 Å². The largest absolute Gasteiger partial charge is 0.381 e. The van der Waals surface area contributed by atoms with Crippen molar-refractivity contribution in [1.29, 1.82) is 0 Å². The van der Waals surface area contributed by atoms with Crippen molar-refractivity contribution in [3.8, 4) is 12.3 Å². The van der Waals surface area contributed by atoms with E-state index >= 15 is 0 Å². The number of unbranched alkanes of at least 4 members (excludes halogenated alkanes) is 1. The van der Waals surface area contributed by atoms with Crippen molar-refractivity contribution >= 4 is 0 Å². The highest BCUT2D eigenvalue weighted by molar-refractivity contribution is 4.83. The van der Waals surface area contributed by atoms with Crippen LogP contribution >= 0.6 is 0 Å². The maximum absolute atomic E-state index is 5.40. The second-order valence-corrected chi connectivity index (χ2v) is 3.02. The summed E-state index contributed by atoms with van der Waals surface area (Å²) in [5.41, 5.74) is 0. The fraction of sp³-hybridized carbons (Fsp3) is 0.846. The lowest BCUT2D eigenvalue weighted by atomic mass is 10.3. The van der Waals surface area contributed by atoms with Crippen LogP contribution in [-0.2, 0) is 4.74 Å². The Hall–Kier alpha value is -0.520. The molecule has 0 fully saturated rings. The lowest BCUT2D eigenvalue weighted by molar-refractivity contribution is 0.129. The maximum atomic E-state index is 5.40. The van der Waals surface area contributed by atoms with Crippen LogP contribution in [0.4, 0.5) is 0 Å². The van der Waals surface area contributed by atoms with E-state index in [0.717, 1.165) is 39.1 Å². The highest BCUT2D eigenvalue weighted by Crippen LogP contribution is 1.88. The smallest absolute Gasteiger partial charge is 0.0478 e. The van der Waals surface area contributed by atoms with Gasteiger partial charge < -0.3 is 10.1 Å². The zero-order valence-electron chi connectivity index (χ0n) is 10.6. The van der Waals surface area contributed by atoms with Gasteiger partial charge in [0.15, 0.2) is 0 Å². The van der Waals surface area contributed by atoms with E-state index in [2.05, 4.69) is 18.2 Å². The molecule has 0 heterocycles. The molecule has 0 aromatic carbocycles. The van der Waals surface area contributed by atoms with Crippen LogP contribution < -0.4 is 5.32 Å². The maximum Gasteiger partial charge on any atom is 0.0478 e. The van der Waals surface area contributed by atoms with E-state index < -0.39 is 0 Å². The van der Waals surface area contributed by atoms with Crippen molar-refractivity contribution in [3.05, 3.63) is 0 Å². The molecule has 1 N–H and O–H groups in total. The molecule has 0 aliphatic heterocycles. The molecule has 0 amide bonds. The molecule has 0 spiro atoms. The molecule has 0 radical (unpaired) electrons. The lowest BCUT2D eigenvalue weighted by Crippen LogP contribution is -2.17. The van der Waals surface area contributed by atoms with Gasteiger partial charge in [0.1, 0.15) is 0 Å². The molecule has 0 rings (SSSR count).